The summed E-state index contributed by atoms with van der Waals surface area (Å²) in [6.45, 7) is 4.94. The monoisotopic (exact) mass is 415 g/mol. The Hall–Kier alpha value is -2.42. The number of aliphatic hydroxyl groups excluding tert-OH is 1. The fourth-order valence-corrected chi connectivity index (χ4v) is 5.02. The van der Waals surface area contributed by atoms with E-state index < -0.39 is 6.04 Å². The van der Waals surface area contributed by atoms with Crippen LogP contribution in [0.2, 0.25) is 0 Å². The van der Waals surface area contributed by atoms with E-state index in [2.05, 4.69) is 21.6 Å². The standard InChI is InChI=1S/C21H25N3O4S/c1-13-2-4-14(5-3-13)17-15-12-16(24-7-10-28-11-8-24)29-19(15)21(27)23-18(17)20(26)22-6-9-25/h2-5,12,17-18,25H,6-11H2,1H3,(H,22,26)(H,23,27)/t17?,18-/m1/s1. The smallest absolute Gasteiger partial charge is 0.262 e. The summed E-state index contributed by atoms with van der Waals surface area (Å²) in [6.07, 6.45) is 0. The quantitative estimate of drug-likeness (QED) is 0.684. The second-order valence-corrected chi connectivity index (χ2v) is 8.35. The average molecular weight is 416 g/mol. The van der Waals surface area contributed by atoms with Crippen molar-refractivity contribution < 1.29 is 19.4 Å². The highest BCUT2D eigenvalue weighted by Gasteiger charge is 2.40. The molecule has 2 aliphatic rings. The highest BCUT2D eigenvalue weighted by molar-refractivity contribution is 7.18. The van der Waals surface area contributed by atoms with E-state index in [4.69, 9.17) is 9.84 Å². The van der Waals surface area contributed by atoms with Crippen molar-refractivity contribution in [2.45, 2.75) is 18.9 Å². The third-order valence-corrected chi connectivity index (χ3v) is 6.57. The van der Waals surface area contributed by atoms with E-state index in [9.17, 15) is 9.59 Å². The van der Waals surface area contributed by atoms with Crippen LogP contribution in [0.25, 0.3) is 0 Å². The second-order valence-electron chi connectivity index (χ2n) is 7.32. The van der Waals surface area contributed by atoms with Crippen molar-refractivity contribution in [1.82, 2.24) is 10.6 Å². The van der Waals surface area contributed by atoms with Crippen molar-refractivity contribution in [2.24, 2.45) is 0 Å². The van der Waals surface area contributed by atoms with Gasteiger partial charge >= 0.3 is 0 Å². The normalized spacial score (nSPS) is 21.4. The van der Waals surface area contributed by atoms with Crippen molar-refractivity contribution in [3.63, 3.8) is 0 Å². The molecule has 2 amide bonds. The Morgan fingerprint density at radius 1 is 1.31 bits per heavy atom. The summed E-state index contributed by atoms with van der Waals surface area (Å²) < 4.78 is 5.44. The fourth-order valence-electron chi connectivity index (χ4n) is 3.86. The molecule has 0 spiro atoms. The maximum Gasteiger partial charge on any atom is 0.262 e. The van der Waals surface area contributed by atoms with E-state index in [1.807, 2.05) is 31.2 Å². The van der Waals surface area contributed by atoms with E-state index in [0.29, 0.717) is 18.1 Å². The zero-order valence-corrected chi connectivity index (χ0v) is 17.1. The minimum Gasteiger partial charge on any atom is -0.395 e. The van der Waals surface area contributed by atoms with Crippen LogP contribution >= 0.6 is 11.3 Å². The molecule has 2 aromatic rings. The van der Waals surface area contributed by atoms with E-state index in [1.54, 1.807) is 0 Å². The number of thiophene rings is 1. The molecule has 0 bridgehead atoms. The van der Waals surface area contributed by atoms with Gasteiger partial charge in [-0.2, -0.15) is 0 Å². The Labute approximate surface area is 173 Å². The van der Waals surface area contributed by atoms with Crippen LogP contribution in [0.4, 0.5) is 5.00 Å². The molecule has 1 unspecified atom stereocenters. The first-order valence-electron chi connectivity index (χ1n) is 9.81. The van der Waals surface area contributed by atoms with Gasteiger partial charge in [-0.25, -0.2) is 0 Å². The minimum atomic E-state index is -0.726. The molecule has 1 fully saturated rings. The van der Waals surface area contributed by atoms with Gasteiger partial charge in [0, 0.05) is 25.6 Å². The van der Waals surface area contributed by atoms with Crippen LogP contribution in [-0.2, 0) is 9.53 Å². The first-order valence-corrected chi connectivity index (χ1v) is 10.6. The lowest BCUT2D eigenvalue weighted by atomic mass is 9.82. The second kappa shape index (κ2) is 8.52. The van der Waals surface area contributed by atoms with Gasteiger partial charge in [0.15, 0.2) is 0 Å². The topological polar surface area (TPSA) is 90.9 Å². The molecule has 0 saturated carbocycles. The summed E-state index contributed by atoms with van der Waals surface area (Å²) in [4.78, 5) is 28.5. The molecule has 3 heterocycles. The molecule has 8 heteroatoms. The number of nitrogens with one attached hydrogen (secondary N) is 2. The third kappa shape index (κ3) is 4.01. The summed E-state index contributed by atoms with van der Waals surface area (Å²) in [6, 6.07) is 9.39. The molecule has 3 N–H and O–H groups in total. The summed E-state index contributed by atoms with van der Waals surface area (Å²) >= 11 is 1.47. The third-order valence-electron chi connectivity index (χ3n) is 5.36. The maximum atomic E-state index is 12.8. The molecular formula is C21H25N3O4S. The Balaban J connectivity index is 1.74. The molecule has 2 atom stereocenters. The largest absolute Gasteiger partial charge is 0.395 e. The van der Waals surface area contributed by atoms with Gasteiger partial charge in [-0.3, -0.25) is 9.59 Å². The lowest BCUT2D eigenvalue weighted by molar-refractivity contribution is -0.123. The summed E-state index contributed by atoms with van der Waals surface area (Å²) in [5, 5.41) is 15.7. The zero-order chi connectivity index (χ0) is 20.4. The molecule has 4 rings (SSSR count). The molecule has 29 heavy (non-hydrogen) atoms. The summed E-state index contributed by atoms with van der Waals surface area (Å²) in [5.41, 5.74) is 3.00. The van der Waals surface area contributed by atoms with Crippen LogP contribution < -0.4 is 15.5 Å². The van der Waals surface area contributed by atoms with E-state index >= 15 is 0 Å². The predicted molar refractivity (Wildman–Crippen MR) is 112 cm³/mol. The number of benzene rings is 1. The molecule has 2 aliphatic heterocycles. The molecule has 0 radical (unpaired) electrons. The number of anilines is 1. The van der Waals surface area contributed by atoms with Crippen LogP contribution in [0.3, 0.4) is 0 Å². The number of nitrogens with zero attached hydrogens (tertiary/aromatic N) is 1. The van der Waals surface area contributed by atoms with Crippen LogP contribution in [-0.4, -0.2) is 62.4 Å². The highest BCUT2D eigenvalue weighted by Crippen LogP contribution is 2.42. The van der Waals surface area contributed by atoms with Crippen LogP contribution in [0.1, 0.15) is 32.3 Å². The average Bonchev–Trinajstić information content (AvgIpc) is 3.19. The Morgan fingerprint density at radius 2 is 2.03 bits per heavy atom. The minimum absolute atomic E-state index is 0.146. The molecule has 1 saturated heterocycles. The SMILES string of the molecule is Cc1ccc(C2c3cc(N4CCOCC4)sc3C(=O)N[C@H]2C(=O)NCCO)cc1. The van der Waals surface area contributed by atoms with Crippen molar-refractivity contribution in [3.8, 4) is 0 Å². The lowest BCUT2D eigenvalue weighted by Gasteiger charge is -2.32. The number of hydrogen-bond acceptors (Lipinski definition) is 6. The number of amides is 2. The van der Waals surface area contributed by atoms with Gasteiger partial charge in [0.05, 0.1) is 29.7 Å². The first kappa shape index (κ1) is 19.9. The Morgan fingerprint density at radius 3 is 2.72 bits per heavy atom. The number of carbonyl (C=O) groups is 2. The number of carbonyl (C=O) groups excluding carboxylic acids is 2. The van der Waals surface area contributed by atoms with Gasteiger partial charge in [-0.05, 0) is 24.1 Å². The molecule has 7 nitrogen and oxygen atoms in total. The summed E-state index contributed by atoms with van der Waals surface area (Å²) in [5.74, 6) is -0.798. The van der Waals surface area contributed by atoms with Gasteiger partial charge in [-0.1, -0.05) is 29.8 Å². The van der Waals surface area contributed by atoms with Crippen molar-refractivity contribution in [2.75, 3.05) is 44.4 Å². The number of aliphatic hydroxyl groups is 1. The number of morpholine rings is 1. The van der Waals surface area contributed by atoms with E-state index in [-0.39, 0.29) is 30.9 Å². The van der Waals surface area contributed by atoms with Crippen molar-refractivity contribution in [3.05, 3.63) is 51.9 Å². The lowest BCUT2D eigenvalue weighted by Crippen LogP contribution is -2.53. The molecular weight excluding hydrogens is 390 g/mol. The summed E-state index contributed by atoms with van der Waals surface area (Å²) in [7, 11) is 0. The zero-order valence-electron chi connectivity index (χ0n) is 16.3. The Kier molecular flexibility index (Phi) is 5.84. The number of aryl methyl sites for hydroxylation is 1. The van der Waals surface area contributed by atoms with Crippen LogP contribution in [0, 0.1) is 6.92 Å². The molecule has 1 aromatic carbocycles. The van der Waals surface area contributed by atoms with Crippen molar-refractivity contribution >= 4 is 28.2 Å². The van der Waals surface area contributed by atoms with E-state index in [0.717, 1.165) is 34.8 Å². The predicted octanol–water partition coefficient (Wildman–Crippen LogP) is 1.25. The number of fused-ring (bicyclic) bond motifs is 1. The first-order chi connectivity index (χ1) is 14.1. The molecule has 0 aliphatic carbocycles. The highest BCUT2D eigenvalue weighted by atomic mass is 32.1. The number of hydrogen-bond donors (Lipinski definition) is 3. The van der Waals surface area contributed by atoms with Gasteiger partial charge in [0.1, 0.15) is 6.04 Å². The number of ether oxygens (including phenoxy) is 1. The van der Waals surface area contributed by atoms with E-state index in [1.165, 1.54) is 11.3 Å². The van der Waals surface area contributed by atoms with Crippen molar-refractivity contribution in [1.29, 1.82) is 0 Å². The Bertz CT molecular complexity index is 890. The molecule has 154 valence electrons. The van der Waals surface area contributed by atoms with Gasteiger partial charge in [0.2, 0.25) is 5.91 Å². The number of rotatable bonds is 5. The molecule has 1 aromatic heterocycles. The van der Waals surface area contributed by atoms with Gasteiger partial charge in [0.25, 0.3) is 5.91 Å². The van der Waals surface area contributed by atoms with Crippen LogP contribution in [0.15, 0.2) is 30.3 Å². The maximum absolute atomic E-state index is 12.8. The van der Waals surface area contributed by atoms with Gasteiger partial charge < -0.3 is 25.4 Å². The van der Waals surface area contributed by atoms with Gasteiger partial charge in [-0.15, -0.1) is 11.3 Å². The van der Waals surface area contributed by atoms with Crippen LogP contribution in [0.5, 0.6) is 0 Å². The fraction of sp³-hybridized carbons (Fsp3) is 0.429.